The van der Waals surface area contributed by atoms with Crippen molar-refractivity contribution in [1.29, 1.82) is 0 Å². The lowest BCUT2D eigenvalue weighted by Gasteiger charge is -2.31. The zero-order valence-corrected chi connectivity index (χ0v) is 23.0. The van der Waals surface area contributed by atoms with Crippen LogP contribution in [0.3, 0.4) is 0 Å². The molecule has 9 heteroatoms. The number of piperidine rings is 1. The highest BCUT2D eigenvalue weighted by molar-refractivity contribution is 6.33. The lowest BCUT2D eigenvalue weighted by molar-refractivity contribution is -0.156. The van der Waals surface area contributed by atoms with Gasteiger partial charge in [0, 0.05) is 19.5 Å². The fraction of sp³-hybridized carbons (Fsp3) is 0.643. The van der Waals surface area contributed by atoms with Crippen molar-refractivity contribution in [2.24, 2.45) is 11.7 Å². The number of unbranched alkanes of at least 4 members (excludes halogenated alkanes) is 1. The highest BCUT2D eigenvalue weighted by atomic mass is 16.6. The highest BCUT2D eigenvalue weighted by Crippen LogP contribution is 2.23. The van der Waals surface area contributed by atoms with E-state index in [-0.39, 0.29) is 25.1 Å². The van der Waals surface area contributed by atoms with Crippen molar-refractivity contribution in [2.75, 3.05) is 19.7 Å². The number of carbonyl (C=O) groups excluding carboxylic acids is 4. The molecule has 208 valence electrons. The van der Waals surface area contributed by atoms with E-state index in [0.29, 0.717) is 32.0 Å². The van der Waals surface area contributed by atoms with Gasteiger partial charge in [0.25, 0.3) is 0 Å². The molecule has 37 heavy (non-hydrogen) atoms. The number of nitrogens with two attached hydrogens (primary N) is 1. The van der Waals surface area contributed by atoms with Crippen LogP contribution in [0.2, 0.25) is 0 Å². The molecule has 0 bridgehead atoms. The first-order chi connectivity index (χ1) is 17.4. The van der Waals surface area contributed by atoms with Crippen LogP contribution in [-0.4, -0.2) is 60.1 Å². The molecule has 2 rings (SSSR count). The first-order valence-corrected chi connectivity index (χ1v) is 13.1. The van der Waals surface area contributed by atoms with Crippen molar-refractivity contribution in [2.45, 2.75) is 91.4 Å². The Kier molecular flexibility index (Phi) is 14.5. The van der Waals surface area contributed by atoms with Gasteiger partial charge in [-0.1, -0.05) is 43.2 Å². The first-order valence-electron chi connectivity index (χ1n) is 13.1. The number of rotatable bonds is 10. The summed E-state index contributed by atoms with van der Waals surface area (Å²) in [6.45, 7) is 10.7. The van der Waals surface area contributed by atoms with Gasteiger partial charge in [-0.15, -0.1) is 0 Å². The molecule has 0 aliphatic carbocycles. The number of Topliss-reactive ketones (excluding diaryl/α,β-unsaturated/α-hetero) is 1. The Morgan fingerprint density at radius 2 is 1.65 bits per heavy atom. The first kappa shape index (κ1) is 32.1. The number of benzene rings is 1. The number of amides is 1. The van der Waals surface area contributed by atoms with Crippen molar-refractivity contribution < 1.29 is 33.4 Å². The number of nitrogens with zero attached hydrogens (tertiary/aromatic N) is 1. The van der Waals surface area contributed by atoms with Gasteiger partial charge in [-0.05, 0) is 65.4 Å². The molecular formula is C28H44N2O7. The fourth-order valence-electron chi connectivity index (χ4n) is 3.64. The third-order valence-electron chi connectivity index (χ3n) is 5.63. The number of carbonyl (C=O) groups is 4. The molecule has 1 fully saturated rings. The van der Waals surface area contributed by atoms with Crippen molar-refractivity contribution in [3.63, 3.8) is 0 Å². The predicted octanol–water partition coefficient (Wildman–Crippen LogP) is 4.40. The summed E-state index contributed by atoms with van der Waals surface area (Å²) < 4.78 is 15.0. The minimum Gasteiger partial charge on any atom is -0.460 e. The SMILES string of the molecule is CCOC(=O)C(=O)CCCCC1CCN(C(=O)OCc2ccccc2)CC1.C[C@H](N)C(=O)OC(C)(C)C. The van der Waals surface area contributed by atoms with Gasteiger partial charge >= 0.3 is 18.0 Å². The Balaban J connectivity index is 0.000000580. The zero-order chi connectivity index (χ0) is 27.8. The summed E-state index contributed by atoms with van der Waals surface area (Å²) in [7, 11) is 0. The van der Waals surface area contributed by atoms with E-state index in [9.17, 15) is 19.2 Å². The molecule has 0 spiro atoms. The topological polar surface area (TPSA) is 125 Å². The smallest absolute Gasteiger partial charge is 0.410 e. The number of ketones is 1. The van der Waals surface area contributed by atoms with Crippen LogP contribution in [0, 0.1) is 5.92 Å². The van der Waals surface area contributed by atoms with Gasteiger partial charge in [-0.3, -0.25) is 9.59 Å². The van der Waals surface area contributed by atoms with Crippen LogP contribution in [0.5, 0.6) is 0 Å². The van der Waals surface area contributed by atoms with Crippen molar-refractivity contribution in [1.82, 2.24) is 4.90 Å². The van der Waals surface area contributed by atoms with Gasteiger partial charge < -0.3 is 24.8 Å². The molecule has 1 saturated heterocycles. The predicted molar refractivity (Wildman–Crippen MR) is 141 cm³/mol. The summed E-state index contributed by atoms with van der Waals surface area (Å²) in [4.78, 5) is 47.5. The summed E-state index contributed by atoms with van der Waals surface area (Å²) in [5.74, 6) is -0.957. The number of esters is 2. The second kappa shape index (κ2) is 16.7. The van der Waals surface area contributed by atoms with Gasteiger partial charge in [0.1, 0.15) is 18.2 Å². The average Bonchev–Trinajstić information content (AvgIpc) is 2.85. The lowest BCUT2D eigenvalue weighted by atomic mass is 9.91. The number of ether oxygens (including phenoxy) is 3. The summed E-state index contributed by atoms with van der Waals surface area (Å²) in [5.41, 5.74) is 5.83. The van der Waals surface area contributed by atoms with Crippen LogP contribution in [0.25, 0.3) is 0 Å². The van der Waals surface area contributed by atoms with Crippen LogP contribution < -0.4 is 5.73 Å². The van der Waals surface area contributed by atoms with E-state index in [1.807, 2.05) is 51.1 Å². The molecule has 0 unspecified atom stereocenters. The van der Waals surface area contributed by atoms with Crippen LogP contribution in [0.1, 0.15) is 78.7 Å². The summed E-state index contributed by atoms with van der Waals surface area (Å²) in [6, 6.07) is 9.13. The third kappa shape index (κ3) is 14.4. The molecule has 0 aromatic heterocycles. The monoisotopic (exact) mass is 520 g/mol. The molecule has 1 atom stereocenters. The van der Waals surface area contributed by atoms with Crippen molar-refractivity contribution >= 4 is 23.8 Å². The van der Waals surface area contributed by atoms with Gasteiger partial charge in [-0.25, -0.2) is 9.59 Å². The number of likely N-dealkylation sites (tertiary alicyclic amines) is 1. The molecule has 1 aromatic carbocycles. The summed E-state index contributed by atoms with van der Waals surface area (Å²) in [5, 5.41) is 0. The Bertz CT molecular complexity index is 842. The van der Waals surface area contributed by atoms with Gasteiger partial charge in [0.15, 0.2) is 0 Å². The molecular weight excluding hydrogens is 476 g/mol. The zero-order valence-electron chi connectivity index (χ0n) is 23.0. The molecule has 0 saturated carbocycles. The largest absolute Gasteiger partial charge is 0.460 e. The van der Waals surface area contributed by atoms with E-state index < -0.39 is 23.4 Å². The molecule has 9 nitrogen and oxygen atoms in total. The molecule has 1 amide bonds. The van der Waals surface area contributed by atoms with Crippen LogP contribution in [0.15, 0.2) is 30.3 Å². The van der Waals surface area contributed by atoms with Crippen molar-refractivity contribution in [3.05, 3.63) is 35.9 Å². The Morgan fingerprint density at radius 1 is 1.03 bits per heavy atom. The van der Waals surface area contributed by atoms with E-state index in [4.69, 9.17) is 19.9 Å². The average molecular weight is 521 g/mol. The molecule has 0 radical (unpaired) electrons. The van der Waals surface area contributed by atoms with Gasteiger partial charge in [0.05, 0.1) is 6.61 Å². The molecule has 1 heterocycles. The maximum Gasteiger partial charge on any atom is 0.410 e. The molecule has 1 aliphatic rings. The Labute approximate surface area is 221 Å². The van der Waals surface area contributed by atoms with E-state index in [0.717, 1.165) is 31.2 Å². The van der Waals surface area contributed by atoms with E-state index >= 15 is 0 Å². The molecule has 2 N–H and O–H groups in total. The Morgan fingerprint density at radius 3 is 2.16 bits per heavy atom. The van der Waals surface area contributed by atoms with E-state index in [1.54, 1.807) is 18.7 Å². The maximum absolute atomic E-state index is 12.2. The van der Waals surface area contributed by atoms with Crippen molar-refractivity contribution in [3.8, 4) is 0 Å². The van der Waals surface area contributed by atoms with Crippen LogP contribution >= 0.6 is 0 Å². The highest BCUT2D eigenvalue weighted by Gasteiger charge is 2.24. The summed E-state index contributed by atoms with van der Waals surface area (Å²) in [6.07, 6.45) is 4.54. The standard InChI is InChI=1S/C21H29NO5.C7H15NO2/c1-2-26-20(24)19(23)11-7-6-8-17-12-14-22(15-13-17)21(25)27-16-18-9-4-3-5-10-18;1-5(8)6(9)10-7(2,3)4/h3-5,9-10,17H,2,6-8,11-16H2,1H3;5H,8H2,1-4H3/t;5-/m.0/s1. The maximum atomic E-state index is 12.2. The van der Waals surface area contributed by atoms with Crippen LogP contribution in [0.4, 0.5) is 4.79 Å². The van der Waals surface area contributed by atoms with E-state index in [1.165, 1.54) is 0 Å². The number of hydrogen-bond acceptors (Lipinski definition) is 8. The molecule has 1 aliphatic heterocycles. The van der Waals surface area contributed by atoms with Gasteiger partial charge in [-0.2, -0.15) is 0 Å². The van der Waals surface area contributed by atoms with Crippen LogP contribution in [-0.2, 0) is 35.2 Å². The normalized spacial score (nSPS) is 14.6. The fourth-order valence-corrected chi connectivity index (χ4v) is 3.64. The number of hydrogen-bond donors (Lipinski definition) is 1. The third-order valence-corrected chi connectivity index (χ3v) is 5.63. The lowest BCUT2D eigenvalue weighted by Crippen LogP contribution is -2.38. The summed E-state index contributed by atoms with van der Waals surface area (Å²) >= 11 is 0. The van der Waals surface area contributed by atoms with E-state index in [2.05, 4.69) is 0 Å². The second-order valence-electron chi connectivity index (χ2n) is 10.2. The molecule has 1 aromatic rings. The van der Waals surface area contributed by atoms with Gasteiger partial charge in [0.2, 0.25) is 5.78 Å². The minimum absolute atomic E-state index is 0.233. The Hall–Kier alpha value is -2.94. The minimum atomic E-state index is -0.722. The quantitative estimate of drug-likeness (QED) is 0.208. The second-order valence-corrected chi connectivity index (χ2v) is 10.2.